The minimum absolute atomic E-state index is 0.0688. The number of amides is 1. The Balaban J connectivity index is 1.77. The first-order valence-corrected chi connectivity index (χ1v) is 8.21. The van der Waals surface area contributed by atoms with Crippen molar-refractivity contribution in [2.24, 2.45) is 0 Å². The zero-order valence-corrected chi connectivity index (χ0v) is 14.3. The standard InChI is InChI=1S/C19H20FN3O2/c1-3-22-16-6-4-5-7-17(16)23(19(22)25)12-18(24)21-11-14-9-8-13(2)15(20)10-14/h4-10H,3,11-12H2,1-2H3,(H,21,24). The molecule has 0 saturated heterocycles. The summed E-state index contributed by atoms with van der Waals surface area (Å²) >= 11 is 0. The smallest absolute Gasteiger partial charge is 0.329 e. The molecule has 0 unspecified atom stereocenters. The van der Waals surface area contributed by atoms with Crippen LogP contribution in [0.25, 0.3) is 11.0 Å². The van der Waals surface area contributed by atoms with Crippen LogP contribution < -0.4 is 11.0 Å². The predicted molar refractivity (Wildman–Crippen MR) is 94.9 cm³/mol. The first-order valence-electron chi connectivity index (χ1n) is 8.21. The van der Waals surface area contributed by atoms with Gasteiger partial charge in [0.1, 0.15) is 12.4 Å². The zero-order valence-electron chi connectivity index (χ0n) is 14.3. The second kappa shape index (κ2) is 6.93. The molecule has 25 heavy (non-hydrogen) atoms. The fourth-order valence-electron chi connectivity index (χ4n) is 2.88. The summed E-state index contributed by atoms with van der Waals surface area (Å²) in [6, 6.07) is 12.2. The van der Waals surface area contributed by atoms with Crippen LogP contribution in [-0.4, -0.2) is 15.0 Å². The van der Waals surface area contributed by atoms with Crippen LogP contribution in [0.2, 0.25) is 0 Å². The highest BCUT2D eigenvalue weighted by Crippen LogP contribution is 2.13. The monoisotopic (exact) mass is 341 g/mol. The molecule has 0 bridgehead atoms. The van der Waals surface area contributed by atoms with Gasteiger partial charge in [-0.3, -0.25) is 13.9 Å². The number of rotatable bonds is 5. The van der Waals surface area contributed by atoms with Crippen LogP contribution in [0.4, 0.5) is 4.39 Å². The first-order chi connectivity index (χ1) is 12.0. The van der Waals surface area contributed by atoms with Crippen molar-refractivity contribution in [3.05, 3.63) is 69.9 Å². The van der Waals surface area contributed by atoms with Gasteiger partial charge in [-0.2, -0.15) is 0 Å². The van der Waals surface area contributed by atoms with Crippen LogP contribution in [0.1, 0.15) is 18.1 Å². The normalized spacial score (nSPS) is 11.0. The molecule has 6 heteroatoms. The average Bonchev–Trinajstić information content (AvgIpc) is 2.87. The first kappa shape index (κ1) is 17.0. The van der Waals surface area contributed by atoms with Crippen LogP contribution in [0.15, 0.2) is 47.3 Å². The van der Waals surface area contributed by atoms with Gasteiger partial charge in [-0.1, -0.05) is 24.3 Å². The number of aryl methyl sites for hydroxylation is 2. The highest BCUT2D eigenvalue weighted by Gasteiger charge is 2.14. The van der Waals surface area contributed by atoms with Gasteiger partial charge in [0, 0.05) is 13.1 Å². The van der Waals surface area contributed by atoms with Crippen molar-refractivity contribution in [2.45, 2.75) is 33.5 Å². The Hall–Kier alpha value is -2.89. The maximum atomic E-state index is 13.6. The van der Waals surface area contributed by atoms with E-state index in [1.807, 2.05) is 31.2 Å². The van der Waals surface area contributed by atoms with Crippen molar-refractivity contribution in [3.63, 3.8) is 0 Å². The van der Waals surface area contributed by atoms with Crippen molar-refractivity contribution in [1.29, 1.82) is 0 Å². The third-order valence-electron chi connectivity index (χ3n) is 4.27. The van der Waals surface area contributed by atoms with Gasteiger partial charge in [0.2, 0.25) is 5.91 Å². The van der Waals surface area contributed by atoms with Crippen LogP contribution in [-0.2, 0) is 24.4 Å². The third-order valence-corrected chi connectivity index (χ3v) is 4.27. The molecule has 5 nitrogen and oxygen atoms in total. The van der Waals surface area contributed by atoms with E-state index in [1.54, 1.807) is 23.6 Å². The van der Waals surface area contributed by atoms with Crippen LogP contribution >= 0.6 is 0 Å². The van der Waals surface area contributed by atoms with E-state index >= 15 is 0 Å². The molecule has 3 aromatic rings. The summed E-state index contributed by atoms with van der Waals surface area (Å²) in [5.41, 5.74) is 2.57. The number of hydrogen-bond acceptors (Lipinski definition) is 2. The molecule has 3 rings (SSSR count). The predicted octanol–water partition coefficient (Wildman–Crippen LogP) is 2.59. The lowest BCUT2D eigenvalue weighted by molar-refractivity contribution is -0.121. The van der Waals surface area contributed by atoms with E-state index in [0.29, 0.717) is 17.7 Å². The SMILES string of the molecule is CCn1c(=O)n(CC(=O)NCc2ccc(C)c(F)c2)c2ccccc21. The number of halogens is 1. The number of aromatic nitrogens is 2. The molecule has 130 valence electrons. The van der Waals surface area contributed by atoms with Gasteiger partial charge >= 0.3 is 5.69 Å². The molecule has 1 heterocycles. The summed E-state index contributed by atoms with van der Waals surface area (Å²) in [4.78, 5) is 24.8. The summed E-state index contributed by atoms with van der Waals surface area (Å²) in [6.07, 6.45) is 0. The molecule has 0 fully saturated rings. The Morgan fingerprint density at radius 2 is 1.80 bits per heavy atom. The lowest BCUT2D eigenvalue weighted by atomic mass is 10.1. The number of nitrogens with zero attached hydrogens (tertiary/aromatic N) is 2. The van der Waals surface area contributed by atoms with Gasteiger partial charge in [-0.25, -0.2) is 9.18 Å². The van der Waals surface area contributed by atoms with Gasteiger partial charge in [0.15, 0.2) is 0 Å². The molecule has 0 aliphatic heterocycles. The number of carbonyl (C=O) groups is 1. The van der Waals surface area contributed by atoms with Gasteiger partial charge in [0.25, 0.3) is 0 Å². The lowest BCUT2D eigenvalue weighted by Crippen LogP contribution is -2.32. The number of hydrogen-bond donors (Lipinski definition) is 1. The summed E-state index contributed by atoms with van der Waals surface area (Å²) in [5, 5.41) is 2.74. The van der Waals surface area contributed by atoms with E-state index < -0.39 is 0 Å². The quantitative estimate of drug-likeness (QED) is 0.775. The maximum Gasteiger partial charge on any atom is 0.329 e. The maximum absolute atomic E-state index is 13.6. The summed E-state index contributed by atoms with van der Waals surface area (Å²) in [7, 11) is 0. The zero-order chi connectivity index (χ0) is 18.0. The van der Waals surface area contributed by atoms with E-state index in [-0.39, 0.29) is 30.5 Å². The number of carbonyl (C=O) groups excluding carboxylic acids is 1. The molecular formula is C19H20FN3O2. The Morgan fingerprint density at radius 1 is 1.12 bits per heavy atom. The Kier molecular flexibility index (Phi) is 4.70. The summed E-state index contributed by atoms with van der Waals surface area (Å²) in [5.74, 6) is -0.587. The number of para-hydroxylation sites is 2. The fraction of sp³-hybridized carbons (Fsp3) is 0.263. The van der Waals surface area contributed by atoms with Gasteiger partial charge < -0.3 is 5.32 Å². The topological polar surface area (TPSA) is 56.0 Å². The largest absolute Gasteiger partial charge is 0.350 e. The molecule has 0 aliphatic rings. The Bertz CT molecular complexity index is 988. The fourth-order valence-corrected chi connectivity index (χ4v) is 2.88. The van der Waals surface area contributed by atoms with E-state index in [4.69, 9.17) is 0 Å². The molecule has 1 aromatic heterocycles. The van der Waals surface area contributed by atoms with Gasteiger partial charge in [-0.05, 0) is 43.2 Å². The van der Waals surface area contributed by atoms with Crippen LogP contribution in [0.5, 0.6) is 0 Å². The van der Waals surface area contributed by atoms with Crippen LogP contribution in [0, 0.1) is 12.7 Å². The molecule has 0 spiro atoms. The molecule has 2 aromatic carbocycles. The van der Waals surface area contributed by atoms with Crippen LogP contribution in [0.3, 0.4) is 0 Å². The van der Waals surface area contributed by atoms with E-state index in [0.717, 1.165) is 11.0 Å². The second-order valence-electron chi connectivity index (χ2n) is 5.96. The van der Waals surface area contributed by atoms with Crippen molar-refractivity contribution >= 4 is 16.9 Å². The molecule has 1 amide bonds. The highest BCUT2D eigenvalue weighted by atomic mass is 19.1. The molecule has 1 N–H and O–H groups in total. The summed E-state index contributed by atoms with van der Waals surface area (Å²) < 4.78 is 16.7. The lowest BCUT2D eigenvalue weighted by Gasteiger charge is -2.07. The average molecular weight is 341 g/mol. The van der Waals surface area contributed by atoms with Crippen molar-refractivity contribution < 1.29 is 9.18 Å². The summed E-state index contributed by atoms with van der Waals surface area (Å²) in [6.45, 7) is 4.27. The number of benzene rings is 2. The molecule has 0 radical (unpaired) electrons. The number of nitrogens with one attached hydrogen (secondary N) is 1. The number of fused-ring (bicyclic) bond motifs is 1. The van der Waals surface area contributed by atoms with E-state index in [2.05, 4.69) is 5.32 Å². The molecule has 0 atom stereocenters. The second-order valence-corrected chi connectivity index (χ2v) is 5.96. The van der Waals surface area contributed by atoms with Crippen molar-refractivity contribution in [3.8, 4) is 0 Å². The Labute approximate surface area is 144 Å². The van der Waals surface area contributed by atoms with E-state index in [1.165, 1.54) is 10.6 Å². The van der Waals surface area contributed by atoms with Gasteiger partial charge in [0.05, 0.1) is 11.0 Å². The van der Waals surface area contributed by atoms with Crippen molar-refractivity contribution in [2.75, 3.05) is 0 Å². The molecular weight excluding hydrogens is 321 g/mol. The van der Waals surface area contributed by atoms with Crippen molar-refractivity contribution in [1.82, 2.24) is 14.5 Å². The highest BCUT2D eigenvalue weighted by molar-refractivity contribution is 5.80. The number of imidazole rings is 1. The third kappa shape index (κ3) is 3.33. The molecule has 0 saturated carbocycles. The van der Waals surface area contributed by atoms with Gasteiger partial charge in [-0.15, -0.1) is 0 Å². The molecule has 0 aliphatic carbocycles. The van der Waals surface area contributed by atoms with E-state index in [9.17, 15) is 14.0 Å². The Morgan fingerprint density at radius 3 is 2.44 bits per heavy atom. The minimum atomic E-state index is -0.297. The minimum Gasteiger partial charge on any atom is -0.350 e.